The highest BCUT2D eigenvalue weighted by Gasteiger charge is 2.55. The summed E-state index contributed by atoms with van der Waals surface area (Å²) in [7, 11) is 0. The molecule has 7 nitrogen and oxygen atoms in total. The fourth-order valence-electron chi connectivity index (χ4n) is 5.82. The van der Waals surface area contributed by atoms with Crippen LogP contribution in [0.2, 0.25) is 0 Å². The molecule has 37 heavy (non-hydrogen) atoms. The third-order valence-electron chi connectivity index (χ3n) is 7.56. The molecule has 1 aliphatic heterocycles. The molecule has 7 heteroatoms. The highest BCUT2D eigenvalue weighted by molar-refractivity contribution is 5.97. The fourth-order valence-corrected chi connectivity index (χ4v) is 5.82. The Labute approximate surface area is 219 Å². The molecule has 0 bridgehead atoms. The summed E-state index contributed by atoms with van der Waals surface area (Å²) in [5.74, 6) is 1.06. The van der Waals surface area contributed by atoms with E-state index in [0.29, 0.717) is 37.2 Å². The molecule has 3 aromatic rings. The van der Waals surface area contributed by atoms with Crippen molar-refractivity contribution in [3.63, 3.8) is 0 Å². The second-order valence-electron chi connectivity index (χ2n) is 11.6. The lowest BCUT2D eigenvalue weighted by Gasteiger charge is -2.45. The topological polar surface area (TPSA) is 72.5 Å². The van der Waals surface area contributed by atoms with E-state index in [1.165, 1.54) is 0 Å². The lowest BCUT2D eigenvalue weighted by Crippen LogP contribution is -2.60. The van der Waals surface area contributed by atoms with Crippen LogP contribution in [0.15, 0.2) is 54.7 Å². The minimum absolute atomic E-state index is 0.0165. The Bertz CT molecular complexity index is 1200. The van der Waals surface area contributed by atoms with Crippen LogP contribution in [0.5, 0.6) is 0 Å². The van der Waals surface area contributed by atoms with Crippen LogP contribution in [0.4, 0.5) is 0 Å². The number of pyridine rings is 1. The zero-order valence-corrected chi connectivity index (χ0v) is 22.5. The van der Waals surface area contributed by atoms with Crippen LogP contribution in [0.3, 0.4) is 0 Å². The average Bonchev–Trinajstić information content (AvgIpc) is 3.48. The zero-order chi connectivity index (χ0) is 26.2. The highest BCUT2D eigenvalue weighted by Crippen LogP contribution is 2.46. The molecule has 0 radical (unpaired) electrons. The maximum Gasteiger partial charge on any atom is 0.270 e. The monoisotopic (exact) mass is 501 g/mol. The van der Waals surface area contributed by atoms with Crippen molar-refractivity contribution in [1.29, 1.82) is 0 Å². The first-order valence-electron chi connectivity index (χ1n) is 13.6. The van der Waals surface area contributed by atoms with E-state index in [-0.39, 0.29) is 23.4 Å². The number of aromatic nitrogens is 2. The Balaban J connectivity index is 1.39. The normalized spacial score (nSPS) is 17.8. The number of rotatable bonds is 8. The number of carbonyl (C=O) groups excluding carboxylic acids is 2. The number of H-pyrrole nitrogens is 1. The molecule has 1 atom stereocenters. The molecule has 5 rings (SSSR count). The summed E-state index contributed by atoms with van der Waals surface area (Å²) >= 11 is 0. The quantitative estimate of drug-likeness (QED) is 0.484. The molecule has 1 unspecified atom stereocenters. The molecule has 2 fully saturated rings. The van der Waals surface area contributed by atoms with Crippen molar-refractivity contribution in [3.05, 3.63) is 66.0 Å². The van der Waals surface area contributed by atoms with Crippen LogP contribution in [-0.2, 0) is 4.79 Å². The summed E-state index contributed by atoms with van der Waals surface area (Å²) in [6, 6.07) is 15.5. The molecule has 1 saturated carbocycles. The summed E-state index contributed by atoms with van der Waals surface area (Å²) in [4.78, 5) is 41.8. The summed E-state index contributed by atoms with van der Waals surface area (Å²) in [5.41, 5.74) is 3.01. The predicted octanol–water partition coefficient (Wildman–Crippen LogP) is 4.74. The van der Waals surface area contributed by atoms with Crippen LogP contribution in [-0.4, -0.2) is 74.7 Å². The first-order chi connectivity index (χ1) is 17.8. The minimum Gasteiger partial charge on any atom is -0.349 e. The molecule has 196 valence electrons. The number of hydrogen-bond acceptors (Lipinski definition) is 4. The largest absolute Gasteiger partial charge is 0.349 e. The Morgan fingerprint density at radius 1 is 1.00 bits per heavy atom. The van der Waals surface area contributed by atoms with Gasteiger partial charge in [0.15, 0.2) is 0 Å². The highest BCUT2D eigenvalue weighted by atomic mass is 16.2. The number of fused-ring (bicyclic) bond motifs is 1. The third kappa shape index (κ3) is 5.28. The van der Waals surface area contributed by atoms with Crippen molar-refractivity contribution in [2.75, 3.05) is 32.7 Å². The van der Waals surface area contributed by atoms with Gasteiger partial charge in [-0.2, -0.15) is 0 Å². The summed E-state index contributed by atoms with van der Waals surface area (Å²) < 4.78 is 0. The fraction of sp³-hybridized carbons (Fsp3) is 0.500. The number of nitrogens with one attached hydrogen (secondary N) is 1. The van der Waals surface area contributed by atoms with E-state index in [9.17, 15) is 9.59 Å². The van der Waals surface area contributed by atoms with Gasteiger partial charge >= 0.3 is 0 Å². The van der Waals surface area contributed by atoms with Crippen LogP contribution >= 0.6 is 0 Å². The van der Waals surface area contributed by atoms with Crippen molar-refractivity contribution in [2.24, 2.45) is 11.8 Å². The van der Waals surface area contributed by atoms with Crippen LogP contribution in [0.1, 0.15) is 62.6 Å². The summed E-state index contributed by atoms with van der Waals surface area (Å²) in [5, 5.41) is 0. The molecule has 1 N–H and O–H groups in total. The molecule has 2 amide bonds. The summed E-state index contributed by atoms with van der Waals surface area (Å²) in [6.45, 7) is 12.3. The van der Waals surface area contributed by atoms with E-state index in [2.05, 4.69) is 59.6 Å². The van der Waals surface area contributed by atoms with Gasteiger partial charge in [-0.25, -0.2) is 0 Å². The van der Waals surface area contributed by atoms with E-state index in [1.54, 1.807) is 6.20 Å². The van der Waals surface area contributed by atoms with Crippen molar-refractivity contribution >= 4 is 22.8 Å². The van der Waals surface area contributed by atoms with E-state index >= 15 is 0 Å². The van der Waals surface area contributed by atoms with Gasteiger partial charge in [-0.1, -0.05) is 58.0 Å². The van der Waals surface area contributed by atoms with Gasteiger partial charge in [0.2, 0.25) is 5.91 Å². The Morgan fingerprint density at radius 2 is 1.70 bits per heavy atom. The number of hydrogen-bond donors (Lipinski definition) is 1. The number of nitrogens with zero attached hydrogens (tertiary/aromatic N) is 4. The average molecular weight is 502 g/mol. The van der Waals surface area contributed by atoms with Gasteiger partial charge in [-0.15, -0.1) is 0 Å². The van der Waals surface area contributed by atoms with E-state index < -0.39 is 0 Å². The number of aromatic amines is 1. The lowest BCUT2D eigenvalue weighted by molar-refractivity contribution is -0.143. The SMILES string of the molecule is CC(C)CN(CC(C)C)C(C(=O)N1CCN(C(=O)c2cc3ncccc3[nH]2)CC12CC2)c1ccccc1. The van der Waals surface area contributed by atoms with Gasteiger partial charge in [0.1, 0.15) is 11.7 Å². The number of piperazine rings is 1. The molecule has 1 saturated heterocycles. The van der Waals surface area contributed by atoms with Crippen LogP contribution in [0.25, 0.3) is 11.0 Å². The second kappa shape index (κ2) is 10.3. The first kappa shape index (κ1) is 25.5. The van der Waals surface area contributed by atoms with Crippen molar-refractivity contribution < 1.29 is 9.59 Å². The molecule has 2 aromatic heterocycles. The van der Waals surface area contributed by atoms with E-state index in [1.807, 2.05) is 41.3 Å². The zero-order valence-electron chi connectivity index (χ0n) is 22.5. The third-order valence-corrected chi connectivity index (χ3v) is 7.56. The molecule has 1 spiro atoms. The lowest BCUT2D eigenvalue weighted by atomic mass is 9.98. The van der Waals surface area contributed by atoms with E-state index in [4.69, 9.17) is 0 Å². The molecule has 1 aromatic carbocycles. The molecular formula is C30H39N5O2. The van der Waals surface area contributed by atoms with Crippen molar-refractivity contribution in [2.45, 2.75) is 52.1 Å². The number of carbonyl (C=O) groups is 2. The first-order valence-corrected chi connectivity index (χ1v) is 13.6. The summed E-state index contributed by atoms with van der Waals surface area (Å²) in [6.07, 6.45) is 3.61. The van der Waals surface area contributed by atoms with E-state index in [0.717, 1.165) is 42.5 Å². The number of benzene rings is 1. The van der Waals surface area contributed by atoms with Gasteiger partial charge in [-0.05, 0) is 48.4 Å². The van der Waals surface area contributed by atoms with Gasteiger partial charge in [-0.3, -0.25) is 19.5 Å². The van der Waals surface area contributed by atoms with Crippen LogP contribution < -0.4 is 0 Å². The van der Waals surface area contributed by atoms with Crippen molar-refractivity contribution in [3.8, 4) is 0 Å². The van der Waals surface area contributed by atoms with Gasteiger partial charge < -0.3 is 14.8 Å². The number of amides is 2. The molecule has 2 aliphatic rings. The molecular weight excluding hydrogens is 462 g/mol. The molecule has 1 aliphatic carbocycles. The second-order valence-corrected chi connectivity index (χ2v) is 11.6. The van der Waals surface area contributed by atoms with Crippen LogP contribution in [0, 0.1) is 11.8 Å². The smallest absolute Gasteiger partial charge is 0.270 e. The Morgan fingerprint density at radius 3 is 2.32 bits per heavy atom. The molecule has 3 heterocycles. The standard InChI is InChI=1S/C30H39N5O2/c1-21(2)18-34(19-22(3)4)27(23-9-6-5-7-10-23)29(37)35-16-15-33(20-30(35)12-13-30)28(36)26-17-25-24(32-26)11-8-14-31-25/h5-11,14,17,21-22,27,32H,12-13,15-16,18-20H2,1-4H3. The van der Waals surface area contributed by atoms with Crippen molar-refractivity contribution in [1.82, 2.24) is 24.7 Å². The van der Waals surface area contributed by atoms with Gasteiger partial charge in [0, 0.05) is 38.9 Å². The maximum atomic E-state index is 14.4. The Hall–Kier alpha value is -3.19. The minimum atomic E-state index is -0.314. The van der Waals surface area contributed by atoms with Gasteiger partial charge in [0.25, 0.3) is 5.91 Å². The van der Waals surface area contributed by atoms with Gasteiger partial charge in [0.05, 0.1) is 16.6 Å². The predicted molar refractivity (Wildman–Crippen MR) is 146 cm³/mol. The Kier molecular flexibility index (Phi) is 7.08. The maximum absolute atomic E-state index is 14.4.